The summed E-state index contributed by atoms with van der Waals surface area (Å²) in [7, 11) is 1.64. The van der Waals surface area contributed by atoms with E-state index in [1.165, 1.54) is 10.7 Å². The van der Waals surface area contributed by atoms with Crippen LogP contribution in [0.4, 0.5) is 8.78 Å². The van der Waals surface area contributed by atoms with Gasteiger partial charge in [0.25, 0.3) is 5.91 Å². The lowest BCUT2D eigenvalue weighted by molar-refractivity contribution is 0.0941. The lowest BCUT2D eigenvalue weighted by Gasteiger charge is -2.07. The molecule has 0 aliphatic heterocycles. The zero-order valence-corrected chi connectivity index (χ0v) is 13.0. The molecule has 0 aliphatic carbocycles. The van der Waals surface area contributed by atoms with E-state index in [0.29, 0.717) is 11.4 Å². The number of hydrogen-bond acceptors (Lipinski definition) is 2. The quantitative estimate of drug-likeness (QED) is 0.799. The second-order valence-electron chi connectivity index (χ2n) is 5.29. The van der Waals surface area contributed by atoms with Crippen molar-refractivity contribution in [1.82, 2.24) is 15.1 Å². The van der Waals surface area contributed by atoms with E-state index >= 15 is 0 Å². The van der Waals surface area contributed by atoms with Crippen LogP contribution in [0, 0.1) is 11.6 Å². The highest BCUT2D eigenvalue weighted by Crippen LogP contribution is 2.18. The predicted octanol–water partition coefficient (Wildman–Crippen LogP) is 3.30. The second-order valence-corrected chi connectivity index (χ2v) is 5.29. The zero-order valence-electron chi connectivity index (χ0n) is 13.0. The average molecular weight is 327 g/mol. The Labute approximate surface area is 137 Å². The lowest BCUT2D eigenvalue weighted by Crippen LogP contribution is -2.26. The average Bonchev–Trinajstić information content (AvgIpc) is 2.97. The molecule has 4 nitrogen and oxygen atoms in total. The molecule has 3 aromatic rings. The number of rotatable bonds is 4. The van der Waals surface area contributed by atoms with Crippen molar-refractivity contribution in [2.45, 2.75) is 6.54 Å². The fourth-order valence-corrected chi connectivity index (χ4v) is 2.39. The molecule has 1 N–H and O–H groups in total. The Morgan fingerprint density at radius 3 is 2.42 bits per heavy atom. The molecule has 122 valence electrons. The molecular formula is C18H15F2N3O. The largest absolute Gasteiger partial charge is 0.346 e. The molecule has 0 aliphatic rings. The Bertz CT molecular complexity index is 855. The van der Waals surface area contributed by atoms with Gasteiger partial charge in [0.2, 0.25) is 0 Å². The summed E-state index contributed by atoms with van der Waals surface area (Å²) in [5.41, 5.74) is 1.68. The highest BCUT2D eigenvalue weighted by Gasteiger charge is 2.16. The highest BCUT2D eigenvalue weighted by atomic mass is 19.1. The van der Waals surface area contributed by atoms with E-state index in [2.05, 4.69) is 10.4 Å². The number of carbonyl (C=O) groups excluding carboxylic acids is 1. The van der Waals surface area contributed by atoms with Crippen molar-refractivity contribution < 1.29 is 13.6 Å². The molecule has 0 unspecified atom stereocenters. The van der Waals surface area contributed by atoms with Crippen molar-refractivity contribution in [2.75, 3.05) is 0 Å². The van der Waals surface area contributed by atoms with Crippen LogP contribution >= 0.6 is 0 Å². The second kappa shape index (κ2) is 6.62. The third-order valence-electron chi connectivity index (χ3n) is 3.67. The Morgan fingerprint density at radius 2 is 1.75 bits per heavy atom. The van der Waals surface area contributed by atoms with Gasteiger partial charge >= 0.3 is 0 Å². The molecule has 0 bridgehead atoms. The van der Waals surface area contributed by atoms with Crippen LogP contribution < -0.4 is 5.32 Å². The zero-order chi connectivity index (χ0) is 17.1. The van der Waals surface area contributed by atoms with Gasteiger partial charge in [0, 0.05) is 24.7 Å². The number of hydrogen-bond donors (Lipinski definition) is 1. The molecule has 3 rings (SSSR count). The molecule has 0 fully saturated rings. The Morgan fingerprint density at radius 1 is 1.08 bits per heavy atom. The van der Waals surface area contributed by atoms with Crippen molar-refractivity contribution in [3.8, 4) is 11.3 Å². The topological polar surface area (TPSA) is 46.9 Å². The van der Waals surface area contributed by atoms with Gasteiger partial charge < -0.3 is 5.32 Å². The monoisotopic (exact) mass is 327 g/mol. The molecule has 2 aromatic carbocycles. The normalized spacial score (nSPS) is 10.6. The van der Waals surface area contributed by atoms with E-state index in [1.807, 2.05) is 30.3 Å². The third-order valence-corrected chi connectivity index (χ3v) is 3.67. The van der Waals surface area contributed by atoms with E-state index in [-0.39, 0.29) is 12.1 Å². The summed E-state index contributed by atoms with van der Waals surface area (Å²) in [5, 5.41) is 6.82. The third kappa shape index (κ3) is 3.17. The summed E-state index contributed by atoms with van der Waals surface area (Å²) in [6.45, 7) is -0.233. The molecule has 0 atom stereocenters. The van der Waals surface area contributed by atoms with E-state index in [9.17, 15) is 13.6 Å². The standard InChI is InChI=1S/C18H15F2N3O/c1-23-17(10-16(22-23)12-6-3-2-4-7-12)18(24)21-11-13-14(19)8-5-9-15(13)20/h2-10H,11H2,1H3,(H,21,24). The molecule has 0 saturated carbocycles. The smallest absolute Gasteiger partial charge is 0.269 e. The Balaban J connectivity index is 1.77. The molecule has 1 amide bonds. The van der Waals surface area contributed by atoms with Crippen LogP contribution in [0.3, 0.4) is 0 Å². The van der Waals surface area contributed by atoms with Gasteiger partial charge in [-0.3, -0.25) is 9.48 Å². The molecule has 1 aromatic heterocycles. The minimum absolute atomic E-state index is 0.170. The van der Waals surface area contributed by atoms with E-state index in [4.69, 9.17) is 0 Å². The maximum absolute atomic E-state index is 13.6. The van der Waals surface area contributed by atoms with Gasteiger partial charge in [0.05, 0.1) is 5.69 Å². The maximum atomic E-state index is 13.6. The highest BCUT2D eigenvalue weighted by molar-refractivity contribution is 5.93. The van der Waals surface area contributed by atoms with Gasteiger partial charge in [-0.25, -0.2) is 8.78 Å². The van der Waals surface area contributed by atoms with Crippen LogP contribution in [-0.4, -0.2) is 15.7 Å². The van der Waals surface area contributed by atoms with E-state index < -0.39 is 17.5 Å². The SMILES string of the molecule is Cn1nc(-c2ccccc2)cc1C(=O)NCc1c(F)cccc1F. The summed E-state index contributed by atoms with van der Waals surface area (Å²) in [6.07, 6.45) is 0. The Kier molecular flexibility index (Phi) is 4.37. The van der Waals surface area contributed by atoms with Crippen LogP contribution in [0.25, 0.3) is 11.3 Å². The first kappa shape index (κ1) is 15.9. The van der Waals surface area contributed by atoms with Crippen molar-refractivity contribution >= 4 is 5.91 Å². The summed E-state index contributed by atoms with van der Waals surface area (Å²) in [4.78, 5) is 12.3. The molecule has 24 heavy (non-hydrogen) atoms. The van der Waals surface area contributed by atoms with Gasteiger partial charge in [-0.2, -0.15) is 5.10 Å². The van der Waals surface area contributed by atoms with Crippen molar-refractivity contribution in [3.63, 3.8) is 0 Å². The Hall–Kier alpha value is -3.02. The van der Waals surface area contributed by atoms with Crippen LogP contribution in [0.1, 0.15) is 16.1 Å². The number of nitrogens with one attached hydrogen (secondary N) is 1. The van der Waals surface area contributed by atoms with Gasteiger partial charge in [0.15, 0.2) is 0 Å². The van der Waals surface area contributed by atoms with Gasteiger partial charge in [0.1, 0.15) is 17.3 Å². The maximum Gasteiger partial charge on any atom is 0.269 e. The molecule has 6 heteroatoms. The number of halogens is 2. The first-order chi connectivity index (χ1) is 11.6. The predicted molar refractivity (Wildman–Crippen MR) is 86.2 cm³/mol. The van der Waals surface area contributed by atoms with Crippen molar-refractivity contribution in [2.24, 2.45) is 7.05 Å². The number of amides is 1. The molecule has 1 heterocycles. The van der Waals surface area contributed by atoms with Gasteiger partial charge in [-0.1, -0.05) is 36.4 Å². The number of benzene rings is 2. The van der Waals surface area contributed by atoms with Gasteiger partial charge in [-0.15, -0.1) is 0 Å². The first-order valence-corrected chi connectivity index (χ1v) is 7.37. The number of aromatic nitrogens is 2. The first-order valence-electron chi connectivity index (χ1n) is 7.37. The summed E-state index contributed by atoms with van der Waals surface area (Å²) in [6, 6.07) is 14.7. The van der Waals surface area contributed by atoms with Crippen LogP contribution in [-0.2, 0) is 13.6 Å². The lowest BCUT2D eigenvalue weighted by atomic mass is 10.1. The van der Waals surface area contributed by atoms with E-state index in [1.54, 1.807) is 13.1 Å². The minimum atomic E-state index is -0.690. The summed E-state index contributed by atoms with van der Waals surface area (Å²) >= 11 is 0. The summed E-state index contributed by atoms with van der Waals surface area (Å²) < 4.78 is 28.6. The van der Waals surface area contributed by atoms with Crippen molar-refractivity contribution in [1.29, 1.82) is 0 Å². The minimum Gasteiger partial charge on any atom is -0.346 e. The van der Waals surface area contributed by atoms with Crippen LogP contribution in [0.2, 0.25) is 0 Å². The van der Waals surface area contributed by atoms with E-state index in [0.717, 1.165) is 17.7 Å². The number of nitrogens with zero attached hydrogens (tertiary/aromatic N) is 2. The molecule has 0 spiro atoms. The molecule has 0 radical (unpaired) electrons. The summed E-state index contributed by atoms with van der Waals surface area (Å²) in [5.74, 6) is -1.83. The van der Waals surface area contributed by atoms with Crippen molar-refractivity contribution in [3.05, 3.63) is 77.5 Å². The van der Waals surface area contributed by atoms with Crippen LogP contribution in [0.15, 0.2) is 54.6 Å². The van der Waals surface area contributed by atoms with Crippen LogP contribution in [0.5, 0.6) is 0 Å². The fraction of sp³-hybridized carbons (Fsp3) is 0.111. The number of carbonyl (C=O) groups is 1. The molecule has 0 saturated heterocycles. The fourth-order valence-electron chi connectivity index (χ4n) is 2.39. The molecular weight excluding hydrogens is 312 g/mol. The number of aryl methyl sites for hydroxylation is 1. The van der Waals surface area contributed by atoms with Gasteiger partial charge in [-0.05, 0) is 18.2 Å².